The quantitative estimate of drug-likeness (QED) is 0.877. The summed E-state index contributed by atoms with van der Waals surface area (Å²) in [5.41, 5.74) is 1.15. The number of hydrogen-bond donors (Lipinski definition) is 1. The van der Waals surface area contributed by atoms with Crippen LogP contribution in [0, 0.1) is 0 Å². The molecule has 0 amide bonds. The molecule has 0 radical (unpaired) electrons. The van der Waals surface area contributed by atoms with Crippen LogP contribution >= 0.6 is 0 Å². The summed E-state index contributed by atoms with van der Waals surface area (Å²) in [4.78, 5) is 4.40. The molecule has 4 heteroatoms. The highest BCUT2D eigenvalue weighted by atomic mass is 16.5. The number of hydrogen-bond acceptors (Lipinski definition) is 3. The highest BCUT2D eigenvalue weighted by Crippen LogP contribution is 2.23. The molecule has 0 saturated carbocycles. The summed E-state index contributed by atoms with van der Waals surface area (Å²) < 4.78 is 7.56. The largest absolute Gasteiger partial charge is 0.494 e. The number of imidazole rings is 1. The molecule has 0 fully saturated rings. The number of benzene rings is 1. The van der Waals surface area contributed by atoms with Crippen LogP contribution in [0.15, 0.2) is 36.7 Å². The lowest BCUT2D eigenvalue weighted by Crippen LogP contribution is -2.21. The molecule has 0 bridgehead atoms. The highest BCUT2D eigenvalue weighted by Gasteiger charge is 2.16. The van der Waals surface area contributed by atoms with Crippen LogP contribution in [0.3, 0.4) is 0 Å². The lowest BCUT2D eigenvalue weighted by Gasteiger charge is -2.17. The van der Waals surface area contributed by atoms with Gasteiger partial charge in [0.1, 0.15) is 11.6 Å². The molecule has 0 aliphatic heterocycles. The summed E-state index contributed by atoms with van der Waals surface area (Å²) in [6, 6.07) is 8.19. The van der Waals surface area contributed by atoms with Gasteiger partial charge in [0.15, 0.2) is 0 Å². The standard InChI is InChI=1S/C14H19N3O/c1-4-18-12-7-5-6-11(10-12)13(15-2)14-16-8-9-17(14)3/h5-10,13,15H,4H2,1-3H3. The number of rotatable bonds is 5. The molecule has 1 atom stereocenters. The smallest absolute Gasteiger partial charge is 0.130 e. The molecule has 1 N–H and O–H groups in total. The van der Waals surface area contributed by atoms with Crippen LogP contribution in [-0.4, -0.2) is 23.2 Å². The third-order valence-corrected chi connectivity index (χ3v) is 2.91. The molecule has 18 heavy (non-hydrogen) atoms. The third-order valence-electron chi connectivity index (χ3n) is 2.91. The number of nitrogens with zero attached hydrogens (tertiary/aromatic N) is 2. The SMILES string of the molecule is CCOc1cccc(C(NC)c2nccn2C)c1. The van der Waals surface area contributed by atoms with E-state index in [9.17, 15) is 0 Å². The Labute approximate surface area is 108 Å². The lowest BCUT2D eigenvalue weighted by molar-refractivity contribution is 0.339. The normalized spacial score (nSPS) is 12.4. The lowest BCUT2D eigenvalue weighted by atomic mass is 10.1. The van der Waals surface area contributed by atoms with E-state index in [0.29, 0.717) is 6.61 Å². The van der Waals surface area contributed by atoms with E-state index in [1.54, 1.807) is 0 Å². The van der Waals surface area contributed by atoms with Gasteiger partial charge in [0.25, 0.3) is 0 Å². The molecule has 2 aromatic rings. The first-order valence-electron chi connectivity index (χ1n) is 6.13. The van der Waals surface area contributed by atoms with Crippen LogP contribution in [0.1, 0.15) is 24.4 Å². The van der Waals surface area contributed by atoms with Gasteiger partial charge in [0.05, 0.1) is 12.6 Å². The van der Waals surface area contributed by atoms with Crippen molar-refractivity contribution < 1.29 is 4.74 Å². The van der Waals surface area contributed by atoms with Crippen molar-refractivity contribution in [3.05, 3.63) is 48.0 Å². The van der Waals surface area contributed by atoms with Gasteiger partial charge in [-0.15, -0.1) is 0 Å². The van der Waals surface area contributed by atoms with Gasteiger partial charge < -0.3 is 14.6 Å². The van der Waals surface area contributed by atoms with Crippen molar-refractivity contribution in [1.29, 1.82) is 0 Å². The molecule has 0 spiro atoms. The molecule has 1 aromatic heterocycles. The zero-order valence-corrected chi connectivity index (χ0v) is 11.1. The minimum Gasteiger partial charge on any atom is -0.494 e. The first-order valence-corrected chi connectivity index (χ1v) is 6.13. The summed E-state index contributed by atoms with van der Waals surface area (Å²) in [5, 5.41) is 3.29. The van der Waals surface area contributed by atoms with E-state index in [-0.39, 0.29) is 6.04 Å². The number of aryl methyl sites for hydroxylation is 1. The van der Waals surface area contributed by atoms with Gasteiger partial charge in [-0.2, -0.15) is 0 Å². The zero-order chi connectivity index (χ0) is 13.0. The van der Waals surface area contributed by atoms with E-state index in [1.807, 2.05) is 50.1 Å². The fourth-order valence-corrected chi connectivity index (χ4v) is 2.05. The maximum atomic E-state index is 5.53. The third kappa shape index (κ3) is 2.54. The number of ether oxygens (including phenoxy) is 1. The van der Waals surface area contributed by atoms with Crippen molar-refractivity contribution in [3.63, 3.8) is 0 Å². The van der Waals surface area contributed by atoms with Crippen molar-refractivity contribution in [1.82, 2.24) is 14.9 Å². The Kier molecular flexibility index (Phi) is 3.99. The maximum Gasteiger partial charge on any atom is 0.130 e. The second-order valence-electron chi connectivity index (χ2n) is 4.12. The van der Waals surface area contributed by atoms with Crippen LogP contribution in [0.5, 0.6) is 5.75 Å². The Morgan fingerprint density at radius 1 is 1.44 bits per heavy atom. The van der Waals surface area contributed by atoms with E-state index in [0.717, 1.165) is 17.1 Å². The fourth-order valence-electron chi connectivity index (χ4n) is 2.05. The van der Waals surface area contributed by atoms with Crippen molar-refractivity contribution >= 4 is 0 Å². The summed E-state index contributed by atoms with van der Waals surface area (Å²) in [6.07, 6.45) is 3.76. The minimum atomic E-state index is 0.0745. The fraction of sp³-hybridized carbons (Fsp3) is 0.357. The molecule has 4 nitrogen and oxygen atoms in total. The molecule has 1 heterocycles. The molecule has 0 aliphatic rings. The van der Waals surface area contributed by atoms with E-state index >= 15 is 0 Å². The Bertz CT molecular complexity index is 507. The molecular weight excluding hydrogens is 226 g/mol. The minimum absolute atomic E-state index is 0.0745. The Balaban J connectivity index is 2.33. The van der Waals surface area contributed by atoms with Gasteiger partial charge in [-0.3, -0.25) is 0 Å². The number of aromatic nitrogens is 2. The van der Waals surface area contributed by atoms with Gasteiger partial charge in [-0.25, -0.2) is 4.98 Å². The average molecular weight is 245 g/mol. The average Bonchev–Trinajstić information content (AvgIpc) is 2.78. The molecule has 96 valence electrons. The van der Waals surface area contributed by atoms with Crippen LogP contribution in [0.4, 0.5) is 0 Å². The Morgan fingerprint density at radius 2 is 2.28 bits per heavy atom. The summed E-state index contributed by atoms with van der Waals surface area (Å²) in [5.74, 6) is 1.88. The van der Waals surface area contributed by atoms with Gasteiger partial charge in [-0.1, -0.05) is 12.1 Å². The molecule has 1 aromatic carbocycles. The van der Waals surface area contributed by atoms with Gasteiger partial charge >= 0.3 is 0 Å². The Hall–Kier alpha value is -1.81. The van der Waals surface area contributed by atoms with Crippen molar-refractivity contribution in [2.24, 2.45) is 7.05 Å². The van der Waals surface area contributed by atoms with E-state index in [2.05, 4.69) is 22.4 Å². The maximum absolute atomic E-state index is 5.53. The van der Waals surface area contributed by atoms with E-state index in [1.165, 1.54) is 0 Å². The van der Waals surface area contributed by atoms with E-state index in [4.69, 9.17) is 4.74 Å². The summed E-state index contributed by atoms with van der Waals surface area (Å²) >= 11 is 0. The summed E-state index contributed by atoms with van der Waals surface area (Å²) in [7, 11) is 3.94. The molecule has 0 aliphatic carbocycles. The predicted molar refractivity (Wildman–Crippen MR) is 71.7 cm³/mol. The first-order chi connectivity index (χ1) is 8.76. The van der Waals surface area contributed by atoms with Crippen molar-refractivity contribution in [2.45, 2.75) is 13.0 Å². The molecular formula is C14H19N3O. The second kappa shape index (κ2) is 5.69. The van der Waals surface area contributed by atoms with Gasteiger partial charge in [-0.05, 0) is 31.7 Å². The topological polar surface area (TPSA) is 39.1 Å². The van der Waals surface area contributed by atoms with Crippen LogP contribution in [0.2, 0.25) is 0 Å². The van der Waals surface area contributed by atoms with Crippen LogP contribution in [-0.2, 0) is 7.05 Å². The molecule has 2 rings (SSSR count). The van der Waals surface area contributed by atoms with Gasteiger partial charge in [0.2, 0.25) is 0 Å². The van der Waals surface area contributed by atoms with Crippen molar-refractivity contribution in [2.75, 3.05) is 13.7 Å². The van der Waals surface area contributed by atoms with E-state index < -0.39 is 0 Å². The monoisotopic (exact) mass is 245 g/mol. The van der Waals surface area contributed by atoms with Crippen molar-refractivity contribution in [3.8, 4) is 5.75 Å². The Morgan fingerprint density at radius 3 is 2.89 bits per heavy atom. The highest BCUT2D eigenvalue weighted by molar-refractivity contribution is 5.33. The summed E-state index contributed by atoms with van der Waals surface area (Å²) in [6.45, 7) is 2.66. The predicted octanol–water partition coefficient (Wildman–Crippen LogP) is 2.13. The number of nitrogens with one attached hydrogen (secondary N) is 1. The van der Waals surface area contributed by atoms with Crippen LogP contribution < -0.4 is 10.1 Å². The molecule has 1 unspecified atom stereocenters. The van der Waals surface area contributed by atoms with Crippen LogP contribution in [0.25, 0.3) is 0 Å². The van der Waals surface area contributed by atoms with Gasteiger partial charge in [0, 0.05) is 19.4 Å². The first kappa shape index (κ1) is 12.6. The zero-order valence-electron chi connectivity index (χ0n) is 11.1. The second-order valence-corrected chi connectivity index (χ2v) is 4.12. The molecule has 0 saturated heterocycles.